The van der Waals surface area contributed by atoms with Gasteiger partial charge in [-0.1, -0.05) is 11.8 Å². The molecule has 9 heteroatoms. The van der Waals surface area contributed by atoms with E-state index in [1.807, 2.05) is 0 Å². The van der Waals surface area contributed by atoms with Crippen LogP contribution in [-0.4, -0.2) is 38.3 Å². The van der Waals surface area contributed by atoms with Crippen molar-refractivity contribution < 1.29 is 9.18 Å². The van der Waals surface area contributed by atoms with Crippen molar-refractivity contribution in [2.45, 2.75) is 25.3 Å². The molecule has 0 saturated carbocycles. The number of nitrogen functional groups attached to an aromatic ring is 1. The first-order chi connectivity index (χ1) is 12.4. The second-order valence-electron chi connectivity index (χ2n) is 6.11. The van der Waals surface area contributed by atoms with E-state index >= 15 is 0 Å². The molecule has 136 valence electrons. The second-order valence-corrected chi connectivity index (χ2v) is 7.22. The fourth-order valence-electron chi connectivity index (χ4n) is 2.79. The van der Waals surface area contributed by atoms with Crippen molar-refractivity contribution in [2.24, 2.45) is 10.7 Å². The Kier molecular flexibility index (Phi) is 5.17. The van der Waals surface area contributed by atoms with Crippen LogP contribution in [-0.2, 0) is 12.0 Å². The third-order valence-corrected chi connectivity index (χ3v) is 4.96. The monoisotopic (exact) mass is 374 g/mol. The van der Waals surface area contributed by atoms with E-state index in [0.29, 0.717) is 34.3 Å². The number of pyridine rings is 1. The highest BCUT2D eigenvalue weighted by molar-refractivity contribution is 8.13. The summed E-state index contributed by atoms with van der Waals surface area (Å²) in [5.41, 5.74) is 12.4. The first-order valence-corrected chi connectivity index (χ1v) is 9.04. The standard InChI is InChI=1S/C17H19FN6OS/c1-10-8-22-14(15(19)23-10)12(25)6-11-2-4-21-13(7-11)17(9-18)3-5-26-16(20)24-17/h2,4,7-8H,3,5-6,9H2,1H3,(H2,19,23)(H2,20,24)/t17-/m1/s1. The molecule has 0 amide bonds. The van der Waals surface area contributed by atoms with E-state index in [1.165, 1.54) is 18.0 Å². The first kappa shape index (κ1) is 18.2. The molecule has 0 radical (unpaired) electrons. The van der Waals surface area contributed by atoms with Crippen molar-refractivity contribution in [1.82, 2.24) is 15.0 Å². The van der Waals surface area contributed by atoms with E-state index in [1.54, 1.807) is 25.3 Å². The van der Waals surface area contributed by atoms with Crippen molar-refractivity contribution in [2.75, 3.05) is 18.2 Å². The van der Waals surface area contributed by atoms with Crippen molar-refractivity contribution in [3.63, 3.8) is 0 Å². The SMILES string of the molecule is Cc1cnc(C(=O)Cc2ccnc([C@]3(CF)CCSC(N)=N3)c2)c(N)n1. The van der Waals surface area contributed by atoms with Crippen LogP contribution in [0.15, 0.2) is 29.5 Å². The fraction of sp³-hybridized carbons (Fsp3) is 0.353. The third-order valence-electron chi connectivity index (χ3n) is 4.16. The van der Waals surface area contributed by atoms with Crippen LogP contribution in [0.3, 0.4) is 0 Å². The highest BCUT2D eigenvalue weighted by Gasteiger charge is 2.36. The van der Waals surface area contributed by atoms with Crippen LogP contribution in [0.2, 0.25) is 0 Å². The number of carbonyl (C=O) groups is 1. The van der Waals surface area contributed by atoms with Gasteiger partial charge in [0.2, 0.25) is 0 Å². The molecule has 26 heavy (non-hydrogen) atoms. The summed E-state index contributed by atoms with van der Waals surface area (Å²) in [5, 5.41) is 0.347. The summed E-state index contributed by atoms with van der Waals surface area (Å²) >= 11 is 1.40. The van der Waals surface area contributed by atoms with Gasteiger partial charge in [0.05, 0.1) is 11.4 Å². The lowest BCUT2D eigenvalue weighted by Crippen LogP contribution is -2.34. The number of nitrogens with two attached hydrogens (primary N) is 2. The Bertz CT molecular complexity index is 874. The topological polar surface area (TPSA) is 120 Å². The van der Waals surface area contributed by atoms with E-state index in [4.69, 9.17) is 11.5 Å². The smallest absolute Gasteiger partial charge is 0.189 e. The van der Waals surface area contributed by atoms with Crippen LogP contribution in [0, 0.1) is 6.92 Å². The van der Waals surface area contributed by atoms with Gasteiger partial charge in [-0.2, -0.15) is 0 Å². The first-order valence-electron chi connectivity index (χ1n) is 8.05. The molecule has 1 atom stereocenters. The van der Waals surface area contributed by atoms with Crippen LogP contribution in [0.25, 0.3) is 0 Å². The zero-order chi connectivity index (χ0) is 18.7. The van der Waals surface area contributed by atoms with Crippen LogP contribution >= 0.6 is 11.8 Å². The molecule has 0 aliphatic carbocycles. The number of aliphatic imine (C=N–C) groups is 1. The number of alkyl halides is 1. The summed E-state index contributed by atoms with van der Waals surface area (Å²) in [6.45, 7) is 1.05. The predicted molar refractivity (Wildman–Crippen MR) is 99.8 cm³/mol. The molecule has 0 bridgehead atoms. The number of carbonyl (C=O) groups excluding carboxylic acids is 1. The van der Waals surface area contributed by atoms with Gasteiger partial charge in [-0.25, -0.2) is 19.4 Å². The summed E-state index contributed by atoms with van der Waals surface area (Å²) in [6.07, 6.45) is 3.60. The Labute approximate surface area is 154 Å². The highest BCUT2D eigenvalue weighted by Crippen LogP contribution is 2.35. The summed E-state index contributed by atoms with van der Waals surface area (Å²) in [5.74, 6) is 0.509. The Balaban J connectivity index is 1.88. The predicted octanol–water partition coefficient (Wildman–Crippen LogP) is 1.80. The number of anilines is 1. The quantitative estimate of drug-likeness (QED) is 0.766. The lowest BCUT2D eigenvalue weighted by Gasteiger charge is -2.30. The van der Waals surface area contributed by atoms with Gasteiger partial charge in [0, 0.05) is 24.6 Å². The third kappa shape index (κ3) is 3.67. The van der Waals surface area contributed by atoms with Gasteiger partial charge >= 0.3 is 0 Å². The molecule has 0 aromatic carbocycles. The van der Waals surface area contributed by atoms with Gasteiger partial charge in [0.1, 0.15) is 17.9 Å². The zero-order valence-corrected chi connectivity index (χ0v) is 15.1. The number of hydrogen-bond acceptors (Lipinski definition) is 8. The fourth-order valence-corrected chi connectivity index (χ4v) is 3.68. The molecular formula is C17H19FN6OS. The number of aromatic nitrogens is 3. The Morgan fingerprint density at radius 1 is 1.38 bits per heavy atom. The highest BCUT2D eigenvalue weighted by atomic mass is 32.2. The van der Waals surface area contributed by atoms with E-state index in [-0.39, 0.29) is 23.7 Å². The number of thioether (sulfide) groups is 1. The average molecular weight is 374 g/mol. The van der Waals surface area contributed by atoms with Crippen molar-refractivity contribution in [1.29, 1.82) is 0 Å². The molecule has 1 aliphatic rings. The zero-order valence-electron chi connectivity index (χ0n) is 14.3. The van der Waals surface area contributed by atoms with Gasteiger partial charge in [-0.05, 0) is 31.0 Å². The summed E-state index contributed by atoms with van der Waals surface area (Å²) in [6, 6.07) is 3.40. The van der Waals surface area contributed by atoms with Crippen LogP contribution in [0.1, 0.15) is 33.9 Å². The van der Waals surface area contributed by atoms with Crippen molar-refractivity contribution >= 4 is 28.5 Å². The number of Topliss-reactive ketones (excluding diaryl/α,β-unsaturated/α-hetero) is 1. The molecule has 2 aromatic heterocycles. The molecular weight excluding hydrogens is 355 g/mol. The molecule has 3 heterocycles. The largest absolute Gasteiger partial charge is 0.382 e. The minimum Gasteiger partial charge on any atom is -0.382 e. The summed E-state index contributed by atoms with van der Waals surface area (Å²) in [4.78, 5) is 29.2. The number of ketones is 1. The molecule has 1 aliphatic heterocycles. The molecule has 2 aromatic rings. The van der Waals surface area contributed by atoms with Gasteiger partial charge in [0.15, 0.2) is 16.8 Å². The van der Waals surface area contributed by atoms with Gasteiger partial charge in [0.25, 0.3) is 0 Å². The Morgan fingerprint density at radius 2 is 2.19 bits per heavy atom. The number of hydrogen-bond donors (Lipinski definition) is 2. The Hall–Kier alpha value is -2.55. The Morgan fingerprint density at radius 3 is 2.88 bits per heavy atom. The maximum Gasteiger partial charge on any atom is 0.189 e. The normalized spacial score (nSPS) is 19.8. The maximum atomic E-state index is 13.8. The van der Waals surface area contributed by atoms with Crippen molar-refractivity contribution in [3.05, 3.63) is 47.2 Å². The van der Waals surface area contributed by atoms with Crippen LogP contribution in [0.4, 0.5) is 10.2 Å². The lowest BCUT2D eigenvalue weighted by molar-refractivity contribution is 0.0989. The number of nitrogens with zero attached hydrogens (tertiary/aromatic N) is 4. The van der Waals surface area contributed by atoms with Crippen LogP contribution < -0.4 is 11.5 Å². The number of rotatable bonds is 5. The minimum absolute atomic E-state index is 0.0633. The van der Waals surface area contributed by atoms with Gasteiger partial charge in [-0.3, -0.25) is 9.78 Å². The van der Waals surface area contributed by atoms with E-state index in [9.17, 15) is 9.18 Å². The number of halogens is 1. The van der Waals surface area contributed by atoms with Gasteiger partial charge < -0.3 is 11.5 Å². The van der Waals surface area contributed by atoms with E-state index in [2.05, 4.69) is 19.9 Å². The number of amidine groups is 1. The molecule has 0 fully saturated rings. The van der Waals surface area contributed by atoms with Gasteiger partial charge in [-0.15, -0.1) is 0 Å². The molecule has 0 saturated heterocycles. The minimum atomic E-state index is -1.09. The van der Waals surface area contributed by atoms with Crippen LogP contribution in [0.5, 0.6) is 0 Å². The second kappa shape index (κ2) is 7.36. The van der Waals surface area contributed by atoms with E-state index < -0.39 is 12.2 Å². The number of aryl methyl sites for hydroxylation is 1. The molecule has 0 unspecified atom stereocenters. The van der Waals surface area contributed by atoms with E-state index in [0.717, 1.165) is 0 Å². The average Bonchev–Trinajstić information content (AvgIpc) is 2.61. The lowest BCUT2D eigenvalue weighted by atomic mass is 9.92. The molecule has 4 N–H and O–H groups in total. The molecule has 3 rings (SSSR count). The summed E-state index contributed by atoms with van der Waals surface area (Å²) in [7, 11) is 0. The maximum absolute atomic E-state index is 13.8. The van der Waals surface area contributed by atoms with Crippen molar-refractivity contribution in [3.8, 4) is 0 Å². The summed E-state index contributed by atoms with van der Waals surface area (Å²) < 4.78 is 13.8. The molecule has 0 spiro atoms. The molecule has 7 nitrogen and oxygen atoms in total.